The quantitative estimate of drug-likeness (QED) is 0.466. The van der Waals surface area contributed by atoms with Crippen LogP contribution in [0, 0.1) is 11.7 Å². The van der Waals surface area contributed by atoms with Crippen molar-refractivity contribution in [2.45, 2.75) is 39.4 Å². The number of benzene rings is 2. The molecule has 0 aromatic heterocycles. The first-order chi connectivity index (χ1) is 11.7. The zero-order valence-corrected chi connectivity index (χ0v) is 15.7. The van der Waals surface area contributed by atoms with Crippen LogP contribution >= 0.6 is 12.4 Å². The summed E-state index contributed by atoms with van der Waals surface area (Å²) >= 11 is 0. The van der Waals surface area contributed by atoms with E-state index >= 15 is 0 Å². The van der Waals surface area contributed by atoms with Gasteiger partial charge in [0, 0.05) is 6.54 Å². The molecule has 1 N–H and O–H groups in total. The molecule has 0 amide bonds. The Morgan fingerprint density at radius 2 is 1.54 bits per heavy atom. The molecule has 1 nitrogen and oxygen atoms in total. The Morgan fingerprint density at radius 3 is 2.12 bits per heavy atom. The third-order valence-electron chi connectivity index (χ3n) is 3.87. The van der Waals surface area contributed by atoms with Crippen molar-refractivity contribution >= 4 is 12.4 Å². The van der Waals surface area contributed by atoms with Gasteiger partial charge in [0.2, 0.25) is 0 Å². The first-order valence-electron chi connectivity index (χ1n) is 8.39. The fourth-order valence-electron chi connectivity index (χ4n) is 2.69. The number of rotatable bonds is 7. The summed E-state index contributed by atoms with van der Waals surface area (Å²) in [7, 11) is 0. The second kappa shape index (κ2) is 9.93. The van der Waals surface area contributed by atoms with Crippen molar-refractivity contribution in [2.75, 3.05) is 6.54 Å². The summed E-state index contributed by atoms with van der Waals surface area (Å²) in [5.41, 5.74) is 1.80. The SMILES string of the molecule is CC(C)Cc1ccc(CNCCc2cc(F)cc(C(F)(F)F)c2)cc1.Cl. The maximum atomic E-state index is 13.3. The largest absolute Gasteiger partial charge is 0.416 e. The highest BCUT2D eigenvalue weighted by molar-refractivity contribution is 5.85. The van der Waals surface area contributed by atoms with Gasteiger partial charge in [-0.3, -0.25) is 0 Å². The molecule has 0 aliphatic rings. The molecule has 2 aromatic rings. The minimum Gasteiger partial charge on any atom is -0.312 e. The average Bonchev–Trinajstić information content (AvgIpc) is 2.51. The predicted octanol–water partition coefficient (Wildman–Crippen LogP) is 5.80. The van der Waals surface area contributed by atoms with E-state index < -0.39 is 17.6 Å². The first-order valence-corrected chi connectivity index (χ1v) is 8.39. The monoisotopic (exact) mass is 389 g/mol. The van der Waals surface area contributed by atoms with Crippen LogP contribution < -0.4 is 5.32 Å². The van der Waals surface area contributed by atoms with Crippen LogP contribution in [0.25, 0.3) is 0 Å². The number of halogens is 5. The highest BCUT2D eigenvalue weighted by Gasteiger charge is 2.31. The van der Waals surface area contributed by atoms with E-state index in [1.807, 2.05) is 0 Å². The molecule has 0 bridgehead atoms. The molecule has 6 heteroatoms. The van der Waals surface area contributed by atoms with E-state index in [9.17, 15) is 17.6 Å². The van der Waals surface area contributed by atoms with Gasteiger partial charge in [0.1, 0.15) is 5.82 Å². The van der Waals surface area contributed by atoms with E-state index in [0.29, 0.717) is 37.1 Å². The highest BCUT2D eigenvalue weighted by Crippen LogP contribution is 2.30. The van der Waals surface area contributed by atoms with Gasteiger partial charge in [-0.25, -0.2) is 4.39 Å². The van der Waals surface area contributed by atoms with Crippen molar-refractivity contribution in [3.63, 3.8) is 0 Å². The van der Waals surface area contributed by atoms with Crippen LogP contribution in [-0.2, 0) is 25.6 Å². The molecule has 0 aliphatic carbocycles. The lowest BCUT2D eigenvalue weighted by molar-refractivity contribution is -0.137. The lowest BCUT2D eigenvalue weighted by Crippen LogP contribution is -2.17. The highest BCUT2D eigenvalue weighted by atomic mass is 35.5. The van der Waals surface area contributed by atoms with Gasteiger partial charge in [-0.05, 0) is 60.2 Å². The van der Waals surface area contributed by atoms with E-state index in [1.165, 1.54) is 5.56 Å². The summed E-state index contributed by atoms with van der Waals surface area (Å²) in [6, 6.07) is 11.0. The maximum Gasteiger partial charge on any atom is 0.416 e. The molecule has 2 rings (SSSR count). The van der Waals surface area contributed by atoms with Gasteiger partial charge in [-0.1, -0.05) is 38.1 Å². The van der Waals surface area contributed by atoms with Crippen LogP contribution in [0.15, 0.2) is 42.5 Å². The second-order valence-corrected chi connectivity index (χ2v) is 6.69. The van der Waals surface area contributed by atoms with Crippen LogP contribution in [0.3, 0.4) is 0 Å². The van der Waals surface area contributed by atoms with Crippen LogP contribution in [0.5, 0.6) is 0 Å². The van der Waals surface area contributed by atoms with Crippen LogP contribution in [-0.4, -0.2) is 6.54 Å². The lowest BCUT2D eigenvalue weighted by Gasteiger charge is -2.10. The van der Waals surface area contributed by atoms with Crippen molar-refractivity contribution in [3.05, 3.63) is 70.5 Å². The minimum absolute atomic E-state index is 0. The summed E-state index contributed by atoms with van der Waals surface area (Å²) in [5.74, 6) is -0.248. The molecule has 0 heterocycles. The fourth-order valence-corrected chi connectivity index (χ4v) is 2.69. The molecule has 0 fully saturated rings. The molecule has 144 valence electrons. The predicted molar refractivity (Wildman–Crippen MR) is 99.0 cm³/mol. The summed E-state index contributed by atoms with van der Waals surface area (Å²) in [6.45, 7) is 5.45. The third-order valence-corrected chi connectivity index (χ3v) is 3.87. The van der Waals surface area contributed by atoms with E-state index in [1.54, 1.807) is 0 Å². The molecule has 0 atom stereocenters. The van der Waals surface area contributed by atoms with Gasteiger partial charge < -0.3 is 5.32 Å². The van der Waals surface area contributed by atoms with Crippen molar-refractivity contribution in [3.8, 4) is 0 Å². The Balaban J connectivity index is 0.00000338. The Labute approximate surface area is 158 Å². The molecule has 0 unspecified atom stereocenters. The number of alkyl halides is 3. The molecular formula is C20H24ClF4N. The Morgan fingerprint density at radius 1 is 0.923 bits per heavy atom. The standard InChI is InChI=1S/C20H23F4N.ClH/c1-14(2)9-15-3-5-16(6-4-15)13-25-8-7-17-10-18(20(22,23)24)12-19(21)11-17;/h3-6,10-12,14,25H,7-9,13H2,1-2H3;1H. The minimum atomic E-state index is -4.53. The van der Waals surface area contributed by atoms with Gasteiger partial charge >= 0.3 is 6.18 Å². The van der Waals surface area contributed by atoms with Gasteiger partial charge in [0.15, 0.2) is 0 Å². The zero-order valence-electron chi connectivity index (χ0n) is 14.9. The number of hydrogen-bond donors (Lipinski definition) is 1. The van der Waals surface area contributed by atoms with Gasteiger partial charge in [0.25, 0.3) is 0 Å². The van der Waals surface area contributed by atoms with Gasteiger partial charge in [0.05, 0.1) is 5.56 Å². The molecule has 0 saturated carbocycles. The topological polar surface area (TPSA) is 12.0 Å². The molecule has 0 aliphatic heterocycles. The summed E-state index contributed by atoms with van der Waals surface area (Å²) in [4.78, 5) is 0. The van der Waals surface area contributed by atoms with Crippen LogP contribution in [0.2, 0.25) is 0 Å². The number of hydrogen-bond acceptors (Lipinski definition) is 1. The van der Waals surface area contributed by atoms with Crippen molar-refractivity contribution < 1.29 is 17.6 Å². The lowest BCUT2D eigenvalue weighted by atomic mass is 10.0. The number of nitrogens with one attached hydrogen (secondary N) is 1. The molecular weight excluding hydrogens is 366 g/mol. The van der Waals surface area contributed by atoms with Crippen LogP contribution in [0.4, 0.5) is 17.6 Å². The van der Waals surface area contributed by atoms with Crippen LogP contribution in [0.1, 0.15) is 36.1 Å². The zero-order chi connectivity index (χ0) is 18.4. The normalized spacial score (nSPS) is 11.5. The maximum absolute atomic E-state index is 13.3. The Bertz CT molecular complexity index is 681. The molecule has 2 aromatic carbocycles. The Hall–Kier alpha value is -1.59. The second-order valence-electron chi connectivity index (χ2n) is 6.69. The molecule has 26 heavy (non-hydrogen) atoms. The Kier molecular flexibility index (Phi) is 8.57. The smallest absolute Gasteiger partial charge is 0.312 e. The van der Waals surface area contributed by atoms with E-state index in [0.717, 1.165) is 24.1 Å². The van der Waals surface area contributed by atoms with Crippen molar-refractivity contribution in [2.24, 2.45) is 5.92 Å². The van der Waals surface area contributed by atoms with Crippen molar-refractivity contribution in [1.82, 2.24) is 5.32 Å². The first kappa shape index (κ1) is 22.5. The fraction of sp³-hybridized carbons (Fsp3) is 0.400. The van der Waals surface area contributed by atoms with Gasteiger partial charge in [-0.15, -0.1) is 12.4 Å². The molecule has 0 spiro atoms. The summed E-state index contributed by atoms with van der Waals surface area (Å²) in [5, 5.41) is 3.18. The van der Waals surface area contributed by atoms with Crippen molar-refractivity contribution in [1.29, 1.82) is 0 Å². The van der Waals surface area contributed by atoms with E-state index in [-0.39, 0.29) is 12.4 Å². The summed E-state index contributed by atoms with van der Waals surface area (Å²) in [6.07, 6.45) is -3.15. The molecule has 0 saturated heterocycles. The van der Waals surface area contributed by atoms with E-state index in [2.05, 4.69) is 43.4 Å². The van der Waals surface area contributed by atoms with E-state index in [4.69, 9.17) is 0 Å². The van der Waals surface area contributed by atoms with Gasteiger partial charge in [-0.2, -0.15) is 13.2 Å². The molecule has 0 radical (unpaired) electrons. The average molecular weight is 390 g/mol. The summed E-state index contributed by atoms with van der Waals surface area (Å²) < 4.78 is 51.4. The third kappa shape index (κ3) is 7.34.